The zero-order valence-electron chi connectivity index (χ0n) is 12.1. The van der Waals surface area contributed by atoms with Crippen LogP contribution >= 0.6 is 23.4 Å². The Labute approximate surface area is 129 Å². The maximum Gasteiger partial charge on any atom is 0.0987 e. The molecule has 1 aromatic carbocycles. The lowest BCUT2D eigenvalue weighted by Gasteiger charge is -2.13. The lowest BCUT2D eigenvalue weighted by atomic mass is 10.0. The highest BCUT2D eigenvalue weighted by molar-refractivity contribution is 7.99. The van der Waals surface area contributed by atoms with Gasteiger partial charge in [-0.3, -0.25) is 4.68 Å². The molecule has 108 valence electrons. The third-order valence-electron chi connectivity index (χ3n) is 3.20. The zero-order valence-corrected chi connectivity index (χ0v) is 13.6. The lowest BCUT2D eigenvalue weighted by molar-refractivity contribution is 0.641. The lowest BCUT2D eigenvalue weighted by Crippen LogP contribution is -2.21. The number of aryl methyl sites for hydroxylation is 2. The van der Waals surface area contributed by atoms with Crippen LogP contribution < -0.4 is 5.73 Å². The van der Waals surface area contributed by atoms with Gasteiger partial charge in [-0.1, -0.05) is 30.3 Å². The Hall–Kier alpha value is -0.970. The Morgan fingerprint density at radius 1 is 1.40 bits per heavy atom. The second-order valence-corrected chi connectivity index (χ2v) is 6.47. The van der Waals surface area contributed by atoms with Gasteiger partial charge in [0.25, 0.3) is 0 Å². The quantitative estimate of drug-likeness (QED) is 0.913. The molecule has 1 heterocycles. The molecular weight excluding hydrogens is 290 g/mol. The Balaban J connectivity index is 2.28. The number of hydrogen-bond acceptors (Lipinski definition) is 3. The number of nitrogens with two attached hydrogens (primary N) is 1. The molecule has 0 spiro atoms. The van der Waals surface area contributed by atoms with Crippen molar-refractivity contribution < 1.29 is 0 Å². The maximum absolute atomic E-state index is 6.11. The van der Waals surface area contributed by atoms with Gasteiger partial charge in [-0.25, -0.2) is 0 Å². The molecule has 0 saturated heterocycles. The maximum atomic E-state index is 6.11. The molecule has 0 aliphatic carbocycles. The number of aromatic nitrogens is 2. The summed E-state index contributed by atoms with van der Waals surface area (Å²) >= 11 is 7.82. The Morgan fingerprint density at radius 2 is 2.15 bits per heavy atom. The first kappa shape index (κ1) is 15.4. The predicted molar refractivity (Wildman–Crippen MR) is 85.5 cm³/mol. The van der Waals surface area contributed by atoms with Crippen molar-refractivity contribution in [2.24, 2.45) is 12.8 Å². The van der Waals surface area contributed by atoms with E-state index >= 15 is 0 Å². The summed E-state index contributed by atoms with van der Waals surface area (Å²) in [6.07, 6.45) is 1.80. The molecule has 2 N–H and O–H groups in total. The third-order valence-corrected chi connectivity index (χ3v) is 4.65. The van der Waals surface area contributed by atoms with Crippen molar-refractivity contribution in [1.29, 1.82) is 0 Å². The molecular formula is C15H20ClN3S. The fourth-order valence-corrected chi connectivity index (χ4v) is 3.26. The number of benzene rings is 1. The van der Waals surface area contributed by atoms with Crippen LogP contribution in [0.2, 0.25) is 5.02 Å². The van der Waals surface area contributed by atoms with Gasteiger partial charge in [0.05, 0.1) is 10.7 Å². The van der Waals surface area contributed by atoms with Gasteiger partial charge in [0.2, 0.25) is 0 Å². The summed E-state index contributed by atoms with van der Waals surface area (Å²) in [6.45, 7) is 4.10. The minimum absolute atomic E-state index is 0.168. The van der Waals surface area contributed by atoms with Gasteiger partial charge in [-0.15, -0.1) is 0 Å². The van der Waals surface area contributed by atoms with Crippen LogP contribution in [0.5, 0.6) is 0 Å². The summed E-state index contributed by atoms with van der Waals surface area (Å²) in [5.74, 6) is 0. The first-order valence-electron chi connectivity index (χ1n) is 6.72. The molecule has 0 saturated carbocycles. The van der Waals surface area contributed by atoms with E-state index in [4.69, 9.17) is 17.3 Å². The molecule has 2 rings (SSSR count). The molecule has 0 amide bonds. The van der Waals surface area contributed by atoms with Crippen LogP contribution in [0.4, 0.5) is 0 Å². The van der Waals surface area contributed by atoms with Gasteiger partial charge in [-0.05, 0) is 49.6 Å². The monoisotopic (exact) mass is 309 g/mol. The van der Waals surface area contributed by atoms with E-state index in [0.29, 0.717) is 0 Å². The highest BCUT2D eigenvalue weighted by atomic mass is 35.5. The molecule has 1 aromatic heterocycles. The van der Waals surface area contributed by atoms with E-state index in [2.05, 4.69) is 24.2 Å². The molecule has 20 heavy (non-hydrogen) atoms. The van der Waals surface area contributed by atoms with Gasteiger partial charge >= 0.3 is 0 Å². The number of hydrogen-bond donors (Lipinski definition) is 1. The Morgan fingerprint density at radius 3 is 2.75 bits per heavy atom. The first-order chi connectivity index (χ1) is 9.49. The molecule has 0 fully saturated rings. The van der Waals surface area contributed by atoms with Gasteiger partial charge in [-0.2, -0.15) is 5.10 Å². The van der Waals surface area contributed by atoms with E-state index in [-0.39, 0.29) is 6.04 Å². The average Bonchev–Trinajstić information content (AvgIpc) is 2.71. The second-order valence-electron chi connectivity index (χ2n) is 4.97. The average molecular weight is 310 g/mol. The smallest absolute Gasteiger partial charge is 0.0987 e. The van der Waals surface area contributed by atoms with Crippen molar-refractivity contribution in [3.63, 3.8) is 0 Å². The molecule has 0 aliphatic heterocycles. The highest BCUT2D eigenvalue weighted by Crippen LogP contribution is 2.32. The first-order valence-corrected chi connectivity index (χ1v) is 7.91. The molecule has 3 nitrogen and oxygen atoms in total. The van der Waals surface area contributed by atoms with E-state index < -0.39 is 0 Å². The van der Waals surface area contributed by atoms with E-state index in [1.54, 1.807) is 11.8 Å². The minimum Gasteiger partial charge on any atom is -0.327 e. The second kappa shape index (κ2) is 6.66. The summed E-state index contributed by atoms with van der Waals surface area (Å²) in [7, 11) is 1.96. The Bertz CT molecular complexity index is 595. The van der Waals surface area contributed by atoms with Gasteiger partial charge < -0.3 is 5.73 Å². The van der Waals surface area contributed by atoms with Crippen molar-refractivity contribution in [2.45, 2.75) is 42.7 Å². The predicted octanol–water partition coefficient (Wildman–Crippen LogP) is 3.81. The SMILES string of the molecule is CCC(N)Cc1cc(Cl)ccc1Sc1cc(C)nn1C. The van der Waals surface area contributed by atoms with E-state index in [1.165, 1.54) is 10.5 Å². The zero-order chi connectivity index (χ0) is 14.7. The summed E-state index contributed by atoms with van der Waals surface area (Å²) in [5, 5.41) is 6.26. The summed E-state index contributed by atoms with van der Waals surface area (Å²) < 4.78 is 1.90. The van der Waals surface area contributed by atoms with Crippen LogP contribution in [-0.4, -0.2) is 15.8 Å². The van der Waals surface area contributed by atoms with Crippen molar-refractivity contribution in [3.8, 4) is 0 Å². The normalized spacial score (nSPS) is 12.7. The Kier molecular flexibility index (Phi) is 5.13. The molecule has 1 unspecified atom stereocenters. The topological polar surface area (TPSA) is 43.8 Å². The largest absolute Gasteiger partial charge is 0.327 e. The number of halogens is 1. The van der Waals surface area contributed by atoms with E-state index in [1.807, 2.05) is 30.8 Å². The van der Waals surface area contributed by atoms with Crippen LogP contribution in [0.3, 0.4) is 0 Å². The summed E-state index contributed by atoms with van der Waals surface area (Å²) in [5.41, 5.74) is 8.31. The fraction of sp³-hybridized carbons (Fsp3) is 0.400. The van der Waals surface area contributed by atoms with Crippen LogP contribution in [-0.2, 0) is 13.5 Å². The summed E-state index contributed by atoms with van der Waals surface area (Å²) in [6, 6.07) is 8.26. The molecule has 1 atom stereocenters. The number of nitrogens with zero attached hydrogens (tertiary/aromatic N) is 2. The molecule has 5 heteroatoms. The fourth-order valence-electron chi connectivity index (χ4n) is 2.03. The molecule has 0 aliphatic rings. The number of rotatable bonds is 5. The van der Waals surface area contributed by atoms with Crippen molar-refractivity contribution in [1.82, 2.24) is 9.78 Å². The molecule has 2 aromatic rings. The standard InChI is InChI=1S/C15H20ClN3S/c1-4-13(17)9-11-8-12(16)5-6-14(11)20-15-7-10(2)18-19(15)3/h5-8,13H,4,9,17H2,1-3H3. The summed E-state index contributed by atoms with van der Waals surface area (Å²) in [4.78, 5) is 1.20. The highest BCUT2D eigenvalue weighted by Gasteiger charge is 2.11. The minimum atomic E-state index is 0.168. The van der Waals surface area contributed by atoms with Gasteiger partial charge in [0, 0.05) is 23.0 Å². The van der Waals surface area contributed by atoms with Crippen molar-refractivity contribution in [2.75, 3.05) is 0 Å². The molecule has 0 bridgehead atoms. The van der Waals surface area contributed by atoms with E-state index in [0.717, 1.165) is 28.6 Å². The van der Waals surface area contributed by atoms with Gasteiger partial charge in [0.1, 0.15) is 0 Å². The molecule has 0 radical (unpaired) electrons. The van der Waals surface area contributed by atoms with Crippen LogP contribution in [0, 0.1) is 6.92 Å². The van der Waals surface area contributed by atoms with Crippen LogP contribution in [0.15, 0.2) is 34.2 Å². The van der Waals surface area contributed by atoms with E-state index in [9.17, 15) is 0 Å². The third kappa shape index (κ3) is 3.78. The van der Waals surface area contributed by atoms with Crippen molar-refractivity contribution >= 4 is 23.4 Å². The van der Waals surface area contributed by atoms with Crippen molar-refractivity contribution in [3.05, 3.63) is 40.5 Å². The van der Waals surface area contributed by atoms with Crippen LogP contribution in [0.1, 0.15) is 24.6 Å². The van der Waals surface area contributed by atoms with Crippen LogP contribution in [0.25, 0.3) is 0 Å². The van der Waals surface area contributed by atoms with Gasteiger partial charge in [0.15, 0.2) is 0 Å².